The van der Waals surface area contributed by atoms with Gasteiger partial charge in [-0.15, -0.1) is 0 Å². The third-order valence-corrected chi connectivity index (χ3v) is 4.21. The van der Waals surface area contributed by atoms with Crippen molar-refractivity contribution in [1.29, 1.82) is 0 Å². The van der Waals surface area contributed by atoms with Crippen molar-refractivity contribution in [1.82, 2.24) is 9.97 Å². The summed E-state index contributed by atoms with van der Waals surface area (Å²) in [6.45, 7) is 3.11. The number of rotatable bonds is 3. The van der Waals surface area contributed by atoms with Gasteiger partial charge in [-0.2, -0.15) is 0 Å². The van der Waals surface area contributed by atoms with Crippen molar-refractivity contribution in [2.45, 2.75) is 13.8 Å². The van der Waals surface area contributed by atoms with Crippen LogP contribution in [0.3, 0.4) is 0 Å². The Kier molecular flexibility index (Phi) is 3.83. The van der Waals surface area contributed by atoms with Gasteiger partial charge in [-0.1, -0.05) is 11.3 Å². The van der Waals surface area contributed by atoms with Crippen LogP contribution in [-0.2, 0) is 4.79 Å². The van der Waals surface area contributed by atoms with Gasteiger partial charge in [0.1, 0.15) is 28.5 Å². The third-order valence-electron chi connectivity index (χ3n) is 3.13. The second-order valence-electron chi connectivity index (χ2n) is 4.80. The number of phenolic OH excluding ortho intramolecular Hbond substituents is 1. The summed E-state index contributed by atoms with van der Waals surface area (Å²) in [5.41, 5.74) is 1.02. The molecule has 2 heterocycles. The number of phenols is 1. The van der Waals surface area contributed by atoms with Crippen LogP contribution < -0.4 is 10.1 Å². The third kappa shape index (κ3) is 2.93. The normalized spacial score (nSPS) is 10.7. The Morgan fingerprint density at radius 2 is 2.17 bits per heavy atom. The maximum absolute atomic E-state index is 13.1. The van der Waals surface area contributed by atoms with Crippen molar-refractivity contribution in [2.24, 2.45) is 0 Å². The zero-order valence-electron chi connectivity index (χ0n) is 12.3. The van der Waals surface area contributed by atoms with E-state index < -0.39 is 11.8 Å². The topological polar surface area (TPSA) is 84.3 Å². The van der Waals surface area contributed by atoms with Crippen LogP contribution in [0, 0.1) is 12.7 Å². The van der Waals surface area contributed by atoms with Crippen LogP contribution >= 0.6 is 11.3 Å². The van der Waals surface area contributed by atoms with Gasteiger partial charge in [0.15, 0.2) is 5.06 Å². The number of hydrogen-bond acceptors (Lipinski definition) is 7. The molecule has 0 aliphatic rings. The predicted molar refractivity (Wildman–Crippen MR) is 84.8 cm³/mol. The molecule has 2 aromatic heterocycles. The number of anilines is 2. The minimum Gasteiger partial charge on any atom is -0.506 e. The molecule has 0 spiro atoms. The number of benzene rings is 1. The number of fused-ring (bicyclic) bond motifs is 1. The number of esters is 1. The van der Waals surface area contributed by atoms with Gasteiger partial charge in [-0.05, 0) is 19.1 Å². The summed E-state index contributed by atoms with van der Waals surface area (Å²) in [6.07, 6.45) is 1.36. The van der Waals surface area contributed by atoms with E-state index >= 15 is 0 Å². The molecule has 0 saturated carbocycles. The molecule has 6 nitrogen and oxygen atoms in total. The number of carbonyl (C=O) groups excluding carboxylic acids is 1. The van der Waals surface area contributed by atoms with Gasteiger partial charge < -0.3 is 15.2 Å². The molecule has 3 aromatic rings. The fraction of sp³-hybridized carbons (Fsp3) is 0.133. The van der Waals surface area contributed by atoms with E-state index in [4.69, 9.17) is 4.74 Å². The molecule has 0 atom stereocenters. The number of ether oxygens (including phenoxy) is 1. The summed E-state index contributed by atoms with van der Waals surface area (Å²) in [4.78, 5) is 20.1. The van der Waals surface area contributed by atoms with E-state index in [0.29, 0.717) is 32.3 Å². The highest BCUT2D eigenvalue weighted by molar-refractivity contribution is 7.20. The van der Waals surface area contributed by atoms with Crippen LogP contribution in [0.15, 0.2) is 24.5 Å². The van der Waals surface area contributed by atoms with Crippen LogP contribution in [0.4, 0.5) is 15.9 Å². The lowest BCUT2D eigenvalue weighted by molar-refractivity contribution is -0.131. The zero-order valence-corrected chi connectivity index (χ0v) is 13.1. The van der Waals surface area contributed by atoms with E-state index in [9.17, 15) is 14.3 Å². The van der Waals surface area contributed by atoms with Gasteiger partial charge in [0, 0.05) is 18.6 Å². The minimum atomic E-state index is -0.537. The monoisotopic (exact) mass is 333 g/mol. The Balaban J connectivity index is 2.07. The second kappa shape index (κ2) is 5.81. The number of aromatic nitrogens is 2. The standard InChI is InChI=1S/C15H12FN3O3S/c1-7-12-13(19-10-4-3-9(16)5-11(10)21)17-6-18-14(12)23-15(7)22-8(2)20/h3-6,21H,1-2H3,(H,17,18,19). The lowest BCUT2D eigenvalue weighted by Gasteiger charge is -2.09. The lowest BCUT2D eigenvalue weighted by atomic mass is 10.2. The highest BCUT2D eigenvalue weighted by Gasteiger charge is 2.17. The first-order chi connectivity index (χ1) is 11.0. The highest BCUT2D eigenvalue weighted by atomic mass is 32.1. The molecule has 0 radical (unpaired) electrons. The summed E-state index contributed by atoms with van der Waals surface area (Å²) in [5.74, 6) is -0.753. The van der Waals surface area contributed by atoms with Gasteiger partial charge >= 0.3 is 5.97 Å². The number of nitrogens with one attached hydrogen (secondary N) is 1. The van der Waals surface area contributed by atoms with Crippen LogP contribution in [-0.4, -0.2) is 21.0 Å². The van der Waals surface area contributed by atoms with Gasteiger partial charge in [0.05, 0.1) is 11.1 Å². The molecule has 23 heavy (non-hydrogen) atoms. The van der Waals surface area contributed by atoms with E-state index in [2.05, 4.69) is 15.3 Å². The number of aromatic hydroxyl groups is 1. The Hall–Kier alpha value is -2.74. The molecule has 0 aliphatic carbocycles. The number of halogens is 1. The number of carbonyl (C=O) groups is 1. The van der Waals surface area contributed by atoms with Crippen molar-refractivity contribution in [3.8, 4) is 10.8 Å². The van der Waals surface area contributed by atoms with Gasteiger partial charge in [0.25, 0.3) is 0 Å². The second-order valence-corrected chi connectivity index (χ2v) is 5.76. The molecule has 2 N–H and O–H groups in total. The smallest absolute Gasteiger partial charge is 0.308 e. The summed E-state index contributed by atoms with van der Waals surface area (Å²) < 4.78 is 18.2. The maximum Gasteiger partial charge on any atom is 0.308 e. The van der Waals surface area contributed by atoms with E-state index in [1.165, 1.54) is 36.7 Å². The van der Waals surface area contributed by atoms with Crippen molar-refractivity contribution in [2.75, 3.05) is 5.32 Å². The Morgan fingerprint density at radius 3 is 2.87 bits per heavy atom. The van der Waals surface area contributed by atoms with E-state index in [0.717, 1.165) is 6.07 Å². The fourth-order valence-corrected chi connectivity index (χ4v) is 3.15. The summed E-state index contributed by atoms with van der Waals surface area (Å²) in [6, 6.07) is 3.64. The Morgan fingerprint density at radius 1 is 1.39 bits per heavy atom. The zero-order chi connectivity index (χ0) is 16.6. The average molecular weight is 333 g/mol. The predicted octanol–water partition coefficient (Wildman–Crippen LogP) is 3.51. The number of thiophene rings is 1. The summed E-state index contributed by atoms with van der Waals surface area (Å²) in [7, 11) is 0. The van der Waals surface area contributed by atoms with Crippen LogP contribution in [0.2, 0.25) is 0 Å². The molecule has 0 unspecified atom stereocenters. The van der Waals surface area contributed by atoms with Gasteiger partial charge in [0.2, 0.25) is 0 Å². The molecule has 0 fully saturated rings. The van der Waals surface area contributed by atoms with Crippen LogP contribution in [0.25, 0.3) is 10.2 Å². The number of hydrogen-bond donors (Lipinski definition) is 2. The van der Waals surface area contributed by atoms with Crippen molar-refractivity contribution >= 4 is 39.0 Å². The van der Waals surface area contributed by atoms with Crippen molar-refractivity contribution in [3.05, 3.63) is 35.9 Å². The van der Waals surface area contributed by atoms with Crippen molar-refractivity contribution < 1.29 is 19.0 Å². The molecule has 8 heteroatoms. The average Bonchev–Trinajstić information content (AvgIpc) is 2.79. The number of nitrogens with zero attached hydrogens (tertiary/aromatic N) is 2. The Labute approximate surface area is 134 Å². The molecule has 118 valence electrons. The van der Waals surface area contributed by atoms with E-state index in [1.807, 2.05) is 0 Å². The SMILES string of the molecule is CC(=O)Oc1sc2ncnc(Nc3ccc(F)cc3O)c2c1C. The fourth-order valence-electron chi connectivity index (χ4n) is 2.11. The molecule has 0 aliphatic heterocycles. The molecule has 0 bridgehead atoms. The highest BCUT2D eigenvalue weighted by Crippen LogP contribution is 2.40. The largest absolute Gasteiger partial charge is 0.506 e. The molecule has 0 saturated heterocycles. The van der Waals surface area contributed by atoms with Crippen molar-refractivity contribution in [3.63, 3.8) is 0 Å². The molecule has 1 aromatic carbocycles. The molecule has 3 rings (SSSR count). The van der Waals surface area contributed by atoms with Crippen LogP contribution in [0.5, 0.6) is 10.8 Å². The first-order valence-corrected chi connectivity index (χ1v) is 7.45. The lowest BCUT2D eigenvalue weighted by Crippen LogP contribution is -2.00. The van der Waals surface area contributed by atoms with E-state index in [1.54, 1.807) is 6.92 Å². The molecular weight excluding hydrogens is 321 g/mol. The van der Waals surface area contributed by atoms with Gasteiger partial charge in [-0.3, -0.25) is 4.79 Å². The molecule has 0 amide bonds. The Bertz CT molecular complexity index is 910. The molecular formula is C15H12FN3O3S. The maximum atomic E-state index is 13.1. The summed E-state index contributed by atoms with van der Waals surface area (Å²) >= 11 is 1.23. The van der Waals surface area contributed by atoms with E-state index in [-0.39, 0.29) is 5.75 Å². The first kappa shape index (κ1) is 15.2. The minimum absolute atomic E-state index is 0.232. The van der Waals surface area contributed by atoms with Crippen LogP contribution in [0.1, 0.15) is 12.5 Å². The first-order valence-electron chi connectivity index (χ1n) is 6.63. The summed E-state index contributed by atoms with van der Waals surface area (Å²) in [5, 5.41) is 13.9. The van der Waals surface area contributed by atoms with Gasteiger partial charge in [-0.25, -0.2) is 14.4 Å². The quantitative estimate of drug-likeness (QED) is 0.563. The number of aryl methyl sites for hydroxylation is 1.